The minimum absolute atomic E-state index is 0.0296. The SMILES string of the molecule is O=C(NC12CC3CC(CC(C3)C1)C2)c1[nH]c(-c2ccc(C(F)(F)F)cc2F)[n+]2ccccc12. The Morgan fingerprint density at radius 3 is 2.30 bits per heavy atom. The number of imidazole rings is 1. The van der Waals surface area contributed by atoms with Crippen LogP contribution in [0.25, 0.3) is 16.9 Å². The van der Waals surface area contributed by atoms with Crippen molar-refractivity contribution >= 4 is 11.4 Å². The number of hydrogen-bond donors (Lipinski definition) is 2. The summed E-state index contributed by atoms with van der Waals surface area (Å²) < 4.78 is 55.3. The van der Waals surface area contributed by atoms with Crippen LogP contribution in [0.4, 0.5) is 17.6 Å². The number of aromatic nitrogens is 2. The van der Waals surface area contributed by atoms with Gasteiger partial charge in [0.2, 0.25) is 5.69 Å². The van der Waals surface area contributed by atoms with Crippen LogP contribution in [0, 0.1) is 23.6 Å². The molecule has 0 unspecified atom stereocenters. The van der Waals surface area contributed by atoms with E-state index >= 15 is 0 Å². The number of H-pyrrole nitrogens is 1. The van der Waals surface area contributed by atoms with Crippen molar-refractivity contribution in [3.05, 3.63) is 59.7 Å². The average molecular weight is 458 g/mol. The van der Waals surface area contributed by atoms with Gasteiger partial charge in [-0.25, -0.2) is 9.37 Å². The van der Waals surface area contributed by atoms with Gasteiger partial charge < -0.3 is 5.32 Å². The Balaban J connectivity index is 1.37. The molecule has 0 atom stereocenters. The van der Waals surface area contributed by atoms with Crippen LogP contribution in [-0.2, 0) is 6.18 Å². The predicted octanol–water partition coefficient (Wildman–Crippen LogP) is 5.28. The predicted molar refractivity (Wildman–Crippen MR) is 113 cm³/mol. The maximum Gasteiger partial charge on any atom is 0.416 e. The van der Waals surface area contributed by atoms with E-state index in [1.807, 2.05) is 0 Å². The fourth-order valence-corrected chi connectivity index (χ4v) is 6.91. The monoisotopic (exact) mass is 458 g/mol. The molecule has 0 spiro atoms. The average Bonchev–Trinajstić information content (AvgIpc) is 3.11. The van der Waals surface area contributed by atoms with Crippen LogP contribution in [0.2, 0.25) is 0 Å². The number of nitrogens with one attached hydrogen (secondary N) is 2. The number of hydrogen-bond acceptors (Lipinski definition) is 1. The number of fused-ring (bicyclic) bond motifs is 1. The molecule has 2 N–H and O–H groups in total. The van der Waals surface area contributed by atoms with Gasteiger partial charge in [-0.05, 0) is 86.6 Å². The van der Waals surface area contributed by atoms with Crippen molar-refractivity contribution in [2.45, 2.75) is 50.2 Å². The van der Waals surface area contributed by atoms with Crippen molar-refractivity contribution in [2.24, 2.45) is 17.8 Å². The van der Waals surface area contributed by atoms with Crippen molar-refractivity contribution < 1.29 is 26.8 Å². The van der Waals surface area contributed by atoms with E-state index in [1.54, 1.807) is 28.8 Å². The minimum Gasteiger partial charge on any atom is -0.343 e. The molecule has 172 valence electrons. The van der Waals surface area contributed by atoms with Gasteiger partial charge in [0.1, 0.15) is 11.4 Å². The largest absolute Gasteiger partial charge is 0.416 e. The van der Waals surface area contributed by atoms with Crippen LogP contribution in [0.15, 0.2) is 42.6 Å². The molecule has 7 rings (SSSR count). The fraction of sp³-hybridized carbons (Fsp3) is 0.440. The quantitative estimate of drug-likeness (QED) is 0.407. The van der Waals surface area contributed by atoms with Gasteiger partial charge in [-0.15, -0.1) is 0 Å². The van der Waals surface area contributed by atoms with Crippen LogP contribution in [-0.4, -0.2) is 16.4 Å². The van der Waals surface area contributed by atoms with Gasteiger partial charge in [-0.1, -0.05) is 6.07 Å². The molecule has 4 nitrogen and oxygen atoms in total. The molecule has 4 saturated carbocycles. The number of alkyl halides is 3. The van der Waals surface area contributed by atoms with Gasteiger partial charge in [0.25, 0.3) is 11.7 Å². The molecule has 1 aromatic carbocycles. The number of amides is 1. The Kier molecular flexibility index (Phi) is 4.42. The van der Waals surface area contributed by atoms with Crippen LogP contribution in [0.3, 0.4) is 0 Å². The van der Waals surface area contributed by atoms with Gasteiger partial charge in [0.05, 0.1) is 11.8 Å². The Hall–Kier alpha value is -2.90. The van der Waals surface area contributed by atoms with Crippen LogP contribution in [0.1, 0.15) is 54.6 Å². The molecular weight excluding hydrogens is 434 g/mol. The zero-order valence-electron chi connectivity index (χ0n) is 17.9. The lowest BCUT2D eigenvalue weighted by Gasteiger charge is -2.56. The van der Waals surface area contributed by atoms with Crippen molar-refractivity contribution in [1.29, 1.82) is 0 Å². The number of rotatable bonds is 3. The van der Waals surface area contributed by atoms with E-state index < -0.39 is 17.6 Å². The van der Waals surface area contributed by atoms with Crippen LogP contribution < -0.4 is 9.72 Å². The topological polar surface area (TPSA) is 49.0 Å². The number of halogens is 4. The number of aromatic amines is 1. The van der Waals surface area contributed by atoms with Gasteiger partial charge in [-0.3, -0.25) is 4.79 Å². The molecule has 33 heavy (non-hydrogen) atoms. The van der Waals surface area contributed by atoms with Gasteiger partial charge >= 0.3 is 6.18 Å². The molecule has 2 heterocycles. The molecule has 8 heteroatoms. The summed E-state index contributed by atoms with van der Waals surface area (Å²) in [7, 11) is 0. The lowest BCUT2D eigenvalue weighted by molar-refractivity contribution is -0.498. The highest BCUT2D eigenvalue weighted by atomic mass is 19.4. The summed E-state index contributed by atoms with van der Waals surface area (Å²) in [6.45, 7) is 0. The molecule has 3 aromatic rings. The fourth-order valence-electron chi connectivity index (χ4n) is 6.91. The van der Waals surface area contributed by atoms with Crippen LogP contribution in [0.5, 0.6) is 0 Å². The molecule has 0 saturated heterocycles. The first kappa shape index (κ1) is 20.7. The van der Waals surface area contributed by atoms with Gasteiger partial charge in [0.15, 0.2) is 5.52 Å². The van der Waals surface area contributed by atoms with Crippen molar-refractivity contribution in [2.75, 3.05) is 0 Å². The highest BCUT2D eigenvalue weighted by Gasteiger charge is 2.52. The van der Waals surface area contributed by atoms with Crippen molar-refractivity contribution in [3.8, 4) is 11.4 Å². The third-order valence-electron chi connectivity index (χ3n) is 7.80. The maximum absolute atomic E-state index is 14.8. The van der Waals surface area contributed by atoms with Crippen molar-refractivity contribution in [3.63, 3.8) is 0 Å². The first-order chi connectivity index (χ1) is 15.7. The second-order valence-corrected chi connectivity index (χ2v) is 10.1. The Morgan fingerprint density at radius 2 is 1.70 bits per heavy atom. The molecule has 2 aromatic heterocycles. The molecule has 0 aliphatic heterocycles. The van der Waals surface area contributed by atoms with E-state index in [-0.39, 0.29) is 22.8 Å². The lowest BCUT2D eigenvalue weighted by Crippen LogP contribution is -2.59. The molecule has 0 radical (unpaired) electrons. The molecule has 4 fully saturated rings. The number of nitrogens with zero attached hydrogens (tertiary/aromatic N) is 1. The highest BCUT2D eigenvalue weighted by Crippen LogP contribution is 2.55. The second-order valence-electron chi connectivity index (χ2n) is 10.1. The molecular formula is C25H24F4N3O+. The lowest BCUT2D eigenvalue weighted by atomic mass is 9.53. The summed E-state index contributed by atoms with van der Waals surface area (Å²) in [5.74, 6) is 0.985. The molecule has 1 amide bonds. The molecule has 4 bridgehead atoms. The standard InChI is InChI=1S/C25H23F4N3O/c26-19-10-17(25(27,28)29)4-5-18(19)22-30-21(20-3-1-2-6-32(20)22)23(33)31-24-11-14-7-15(12-24)9-16(8-14)13-24/h1-6,10,14-16H,7-9,11-13H2,(H,31,33)/p+1. The first-order valence-electron chi connectivity index (χ1n) is 11.4. The summed E-state index contributed by atoms with van der Waals surface area (Å²) in [4.78, 5) is 16.5. The maximum atomic E-state index is 14.8. The smallest absolute Gasteiger partial charge is 0.343 e. The third kappa shape index (κ3) is 3.42. The van der Waals surface area contributed by atoms with E-state index in [2.05, 4.69) is 10.3 Å². The molecule has 4 aliphatic rings. The number of pyridine rings is 1. The Morgan fingerprint density at radius 1 is 1.03 bits per heavy atom. The Bertz CT molecular complexity index is 1230. The van der Waals surface area contributed by atoms with E-state index in [0.717, 1.165) is 31.4 Å². The molecule has 4 aliphatic carbocycles. The van der Waals surface area contributed by atoms with E-state index in [1.165, 1.54) is 19.3 Å². The normalized spacial score (nSPS) is 28.4. The minimum atomic E-state index is -4.63. The summed E-state index contributed by atoms with van der Waals surface area (Å²) in [5, 5.41) is 3.32. The third-order valence-corrected chi connectivity index (χ3v) is 7.80. The summed E-state index contributed by atoms with van der Waals surface area (Å²) in [5.41, 5.74) is -0.431. The highest BCUT2D eigenvalue weighted by molar-refractivity contribution is 5.99. The van der Waals surface area contributed by atoms with Gasteiger partial charge in [-0.2, -0.15) is 17.6 Å². The van der Waals surface area contributed by atoms with E-state index in [0.29, 0.717) is 35.0 Å². The zero-order valence-corrected chi connectivity index (χ0v) is 17.9. The van der Waals surface area contributed by atoms with E-state index in [4.69, 9.17) is 0 Å². The number of carbonyl (C=O) groups is 1. The first-order valence-corrected chi connectivity index (χ1v) is 11.4. The summed E-state index contributed by atoms with van der Waals surface area (Å²) in [6.07, 6.45) is 3.80. The van der Waals surface area contributed by atoms with E-state index in [9.17, 15) is 22.4 Å². The van der Waals surface area contributed by atoms with Crippen molar-refractivity contribution in [1.82, 2.24) is 10.3 Å². The van der Waals surface area contributed by atoms with Crippen LogP contribution >= 0.6 is 0 Å². The summed E-state index contributed by atoms with van der Waals surface area (Å²) in [6, 6.07) is 7.69. The number of benzene rings is 1. The zero-order chi connectivity index (χ0) is 23.0. The Labute approximate surface area is 188 Å². The summed E-state index contributed by atoms with van der Waals surface area (Å²) >= 11 is 0. The number of carbonyl (C=O) groups excluding carboxylic acids is 1. The van der Waals surface area contributed by atoms with Gasteiger partial charge in [0, 0.05) is 5.54 Å². The second kappa shape index (κ2) is 7.05.